The largest absolute Gasteiger partial charge is 0.352 e. The first-order valence-corrected chi connectivity index (χ1v) is 7.35. The molecule has 0 aromatic heterocycles. The van der Waals surface area contributed by atoms with E-state index in [1.54, 1.807) is 0 Å². The van der Waals surface area contributed by atoms with Gasteiger partial charge in [0, 0.05) is 17.4 Å². The zero-order valence-corrected chi connectivity index (χ0v) is 12.1. The number of amides is 1. The topological polar surface area (TPSA) is 29.1 Å². The molecule has 1 aliphatic carbocycles. The Bertz CT molecular complexity index is 467. The van der Waals surface area contributed by atoms with Crippen molar-refractivity contribution in [1.29, 1.82) is 0 Å². The van der Waals surface area contributed by atoms with E-state index >= 15 is 0 Å². The fourth-order valence-corrected chi connectivity index (χ4v) is 3.27. The van der Waals surface area contributed by atoms with Crippen LogP contribution in [0.25, 0.3) is 0 Å². The van der Waals surface area contributed by atoms with Crippen LogP contribution >= 0.6 is 15.9 Å². The van der Waals surface area contributed by atoms with Crippen molar-refractivity contribution >= 4 is 21.8 Å². The van der Waals surface area contributed by atoms with Crippen LogP contribution < -0.4 is 5.32 Å². The Balaban J connectivity index is 1.90. The highest BCUT2D eigenvalue weighted by Gasteiger charge is 2.21. The Kier molecular flexibility index (Phi) is 4.91. The molecule has 1 aromatic rings. The second-order valence-electron chi connectivity index (χ2n) is 4.96. The zero-order valence-electron chi connectivity index (χ0n) is 10.5. The van der Waals surface area contributed by atoms with Gasteiger partial charge in [-0.25, -0.2) is 8.78 Å². The van der Waals surface area contributed by atoms with Crippen LogP contribution in [0.5, 0.6) is 0 Å². The third-order valence-corrected chi connectivity index (χ3v) is 4.28. The van der Waals surface area contributed by atoms with Crippen LogP contribution in [0.15, 0.2) is 18.2 Å². The summed E-state index contributed by atoms with van der Waals surface area (Å²) in [5.41, 5.74) is -0.104. The number of halogens is 3. The van der Waals surface area contributed by atoms with E-state index in [9.17, 15) is 13.6 Å². The highest BCUT2D eigenvalue weighted by molar-refractivity contribution is 9.09. The molecule has 19 heavy (non-hydrogen) atoms. The molecule has 104 valence electrons. The van der Waals surface area contributed by atoms with E-state index in [2.05, 4.69) is 21.2 Å². The first kappa shape index (κ1) is 14.4. The van der Waals surface area contributed by atoms with Gasteiger partial charge in [-0.15, -0.1) is 0 Å². The first-order chi connectivity index (χ1) is 9.06. The molecule has 2 atom stereocenters. The van der Waals surface area contributed by atoms with Crippen LogP contribution in [0.1, 0.15) is 36.0 Å². The first-order valence-electron chi connectivity index (χ1n) is 6.43. The lowest BCUT2D eigenvalue weighted by Crippen LogP contribution is -2.32. The van der Waals surface area contributed by atoms with Gasteiger partial charge in [-0.05, 0) is 37.3 Å². The quantitative estimate of drug-likeness (QED) is 0.841. The smallest absolute Gasteiger partial charge is 0.254 e. The number of carbonyl (C=O) groups excluding carboxylic acids is 1. The summed E-state index contributed by atoms with van der Waals surface area (Å²) < 4.78 is 26.2. The summed E-state index contributed by atoms with van der Waals surface area (Å²) >= 11 is 3.59. The lowest BCUT2D eigenvalue weighted by atomic mass is 9.89. The molecule has 1 fully saturated rings. The molecule has 0 saturated heterocycles. The second-order valence-corrected chi connectivity index (χ2v) is 6.26. The molecule has 1 aliphatic rings. The van der Waals surface area contributed by atoms with Crippen molar-refractivity contribution in [1.82, 2.24) is 5.32 Å². The van der Waals surface area contributed by atoms with Gasteiger partial charge in [-0.3, -0.25) is 4.79 Å². The minimum atomic E-state index is -0.820. The predicted octanol–water partition coefficient (Wildman–Crippen LogP) is 3.65. The van der Waals surface area contributed by atoms with E-state index < -0.39 is 17.5 Å². The molecular weight excluding hydrogens is 316 g/mol. The summed E-state index contributed by atoms with van der Waals surface area (Å²) in [4.78, 5) is 12.3. The molecule has 5 heteroatoms. The molecule has 0 radical (unpaired) electrons. The predicted molar refractivity (Wildman–Crippen MR) is 73.4 cm³/mol. The Morgan fingerprint density at radius 2 is 2.16 bits per heavy atom. The Hall–Kier alpha value is -0.970. The molecular formula is C14H16BrF2NO. The number of benzene rings is 1. The Morgan fingerprint density at radius 1 is 1.37 bits per heavy atom. The maximum absolute atomic E-state index is 13.4. The van der Waals surface area contributed by atoms with Gasteiger partial charge in [0.2, 0.25) is 0 Å². The van der Waals surface area contributed by atoms with Gasteiger partial charge < -0.3 is 5.32 Å². The Morgan fingerprint density at radius 3 is 2.84 bits per heavy atom. The molecule has 0 bridgehead atoms. The molecule has 0 heterocycles. The third kappa shape index (κ3) is 4.00. The standard InChI is InChI=1S/C14H16BrF2NO/c15-10-3-1-2-9(6-10)8-18-14(19)12-5-4-11(16)7-13(12)17/h4-5,7,9-10H,1-3,6,8H2,(H,18,19). The second kappa shape index (κ2) is 6.46. The van der Waals surface area contributed by atoms with E-state index in [-0.39, 0.29) is 5.56 Å². The summed E-state index contributed by atoms with van der Waals surface area (Å²) in [6.45, 7) is 0.539. The summed E-state index contributed by atoms with van der Waals surface area (Å²) in [5.74, 6) is -1.55. The summed E-state index contributed by atoms with van der Waals surface area (Å²) in [7, 11) is 0. The van der Waals surface area contributed by atoms with Crippen molar-refractivity contribution in [3.8, 4) is 0 Å². The molecule has 1 N–H and O–H groups in total. The molecule has 1 amide bonds. The summed E-state index contributed by atoms with van der Waals surface area (Å²) in [6, 6.07) is 2.99. The highest BCUT2D eigenvalue weighted by Crippen LogP contribution is 2.28. The van der Waals surface area contributed by atoms with Gasteiger partial charge in [0.25, 0.3) is 5.91 Å². The van der Waals surface area contributed by atoms with Gasteiger partial charge in [0.05, 0.1) is 5.56 Å². The van der Waals surface area contributed by atoms with Crippen molar-refractivity contribution in [3.05, 3.63) is 35.4 Å². The van der Waals surface area contributed by atoms with Crippen LogP contribution in [0.3, 0.4) is 0 Å². The number of hydrogen-bond acceptors (Lipinski definition) is 1. The SMILES string of the molecule is O=C(NCC1CCCC(Br)C1)c1ccc(F)cc1F. The molecule has 0 aliphatic heterocycles. The average Bonchev–Trinajstić information content (AvgIpc) is 2.36. The molecule has 2 unspecified atom stereocenters. The number of rotatable bonds is 3. The van der Waals surface area contributed by atoms with Gasteiger partial charge in [-0.1, -0.05) is 22.4 Å². The highest BCUT2D eigenvalue weighted by atomic mass is 79.9. The maximum Gasteiger partial charge on any atom is 0.254 e. The fraction of sp³-hybridized carbons (Fsp3) is 0.500. The molecule has 1 saturated carbocycles. The van der Waals surface area contributed by atoms with Crippen molar-refractivity contribution in [2.45, 2.75) is 30.5 Å². The van der Waals surface area contributed by atoms with Crippen LogP contribution in [0, 0.1) is 17.6 Å². The third-order valence-electron chi connectivity index (χ3n) is 3.45. The van der Waals surface area contributed by atoms with E-state index in [4.69, 9.17) is 0 Å². The van der Waals surface area contributed by atoms with Crippen LogP contribution in [0.4, 0.5) is 8.78 Å². The van der Waals surface area contributed by atoms with Crippen LogP contribution in [0.2, 0.25) is 0 Å². The van der Waals surface area contributed by atoms with Crippen LogP contribution in [-0.2, 0) is 0 Å². The van der Waals surface area contributed by atoms with Crippen molar-refractivity contribution < 1.29 is 13.6 Å². The minimum absolute atomic E-state index is 0.104. The molecule has 1 aromatic carbocycles. The van der Waals surface area contributed by atoms with E-state index in [0.29, 0.717) is 17.3 Å². The van der Waals surface area contributed by atoms with E-state index in [1.807, 2.05) is 0 Å². The summed E-state index contributed by atoms with van der Waals surface area (Å²) in [6.07, 6.45) is 4.40. The summed E-state index contributed by atoms with van der Waals surface area (Å²) in [5, 5.41) is 2.73. The van der Waals surface area contributed by atoms with E-state index in [1.165, 1.54) is 6.07 Å². The molecule has 2 rings (SSSR count). The van der Waals surface area contributed by atoms with Crippen molar-refractivity contribution in [2.24, 2.45) is 5.92 Å². The minimum Gasteiger partial charge on any atom is -0.352 e. The lowest BCUT2D eigenvalue weighted by Gasteiger charge is -2.25. The number of carbonyl (C=O) groups is 1. The number of hydrogen-bond donors (Lipinski definition) is 1. The molecule has 0 spiro atoms. The normalized spacial score (nSPS) is 23.1. The molecule has 2 nitrogen and oxygen atoms in total. The number of alkyl halides is 1. The van der Waals surface area contributed by atoms with Crippen LogP contribution in [-0.4, -0.2) is 17.3 Å². The van der Waals surface area contributed by atoms with Gasteiger partial charge in [0.1, 0.15) is 11.6 Å². The Labute approximate surface area is 119 Å². The van der Waals surface area contributed by atoms with Gasteiger partial charge in [0.15, 0.2) is 0 Å². The van der Waals surface area contributed by atoms with E-state index in [0.717, 1.165) is 37.8 Å². The van der Waals surface area contributed by atoms with Gasteiger partial charge >= 0.3 is 0 Å². The zero-order chi connectivity index (χ0) is 13.8. The van der Waals surface area contributed by atoms with Gasteiger partial charge in [-0.2, -0.15) is 0 Å². The van der Waals surface area contributed by atoms with Crippen molar-refractivity contribution in [3.63, 3.8) is 0 Å². The van der Waals surface area contributed by atoms with Crippen molar-refractivity contribution in [2.75, 3.05) is 6.54 Å². The fourth-order valence-electron chi connectivity index (χ4n) is 2.42. The number of nitrogens with one attached hydrogen (secondary N) is 1. The average molecular weight is 332 g/mol. The lowest BCUT2D eigenvalue weighted by molar-refractivity contribution is 0.0939. The monoisotopic (exact) mass is 331 g/mol. The maximum atomic E-state index is 13.4.